The van der Waals surface area contributed by atoms with Gasteiger partial charge in [-0.2, -0.15) is 0 Å². The molecule has 0 aliphatic heterocycles. The van der Waals surface area contributed by atoms with Gasteiger partial charge in [0.2, 0.25) is 5.89 Å². The molecule has 0 aliphatic carbocycles. The van der Waals surface area contributed by atoms with Crippen molar-refractivity contribution in [3.05, 3.63) is 83.2 Å². The maximum Gasteiger partial charge on any atom is 0.277 e. The van der Waals surface area contributed by atoms with Crippen molar-refractivity contribution < 1.29 is 13.9 Å². The van der Waals surface area contributed by atoms with Crippen LogP contribution in [-0.2, 0) is 13.0 Å². The second kappa shape index (κ2) is 9.87. The summed E-state index contributed by atoms with van der Waals surface area (Å²) in [5.74, 6) is 1.61. The molecule has 0 spiro atoms. The third-order valence-corrected chi connectivity index (χ3v) is 6.23. The number of ether oxygens (including phenoxy) is 1. The summed E-state index contributed by atoms with van der Waals surface area (Å²) in [4.78, 5) is 12.9. The van der Waals surface area contributed by atoms with Crippen molar-refractivity contribution in [3.8, 4) is 17.2 Å². The van der Waals surface area contributed by atoms with Gasteiger partial charge in [0.15, 0.2) is 5.78 Å². The van der Waals surface area contributed by atoms with Crippen molar-refractivity contribution in [3.63, 3.8) is 0 Å². The lowest BCUT2D eigenvalue weighted by Gasteiger charge is -2.10. The Bertz CT molecular complexity index is 1200. The van der Waals surface area contributed by atoms with Gasteiger partial charge in [-0.3, -0.25) is 4.79 Å². The molecule has 0 N–H and O–H groups in total. The maximum atomic E-state index is 12.9. The Labute approximate surface area is 191 Å². The van der Waals surface area contributed by atoms with E-state index >= 15 is 0 Å². The quantitative estimate of drug-likeness (QED) is 0.253. The van der Waals surface area contributed by atoms with E-state index < -0.39 is 0 Å². The van der Waals surface area contributed by atoms with Crippen LogP contribution < -0.4 is 4.74 Å². The van der Waals surface area contributed by atoms with Crippen LogP contribution in [0.4, 0.5) is 0 Å². The number of aryl methyl sites for hydroxylation is 2. The number of aromatic nitrogens is 3. The van der Waals surface area contributed by atoms with Crippen LogP contribution in [0.5, 0.6) is 5.75 Å². The number of rotatable bonds is 9. The van der Waals surface area contributed by atoms with Crippen LogP contribution in [0.15, 0.2) is 70.3 Å². The molecule has 0 fully saturated rings. The lowest BCUT2D eigenvalue weighted by Crippen LogP contribution is -2.08. The SMILES string of the molecule is COc1ccc(CCn2c(C)cc(C(=O)CSc3nnc(-c4ccccc4)o3)c2C)cc1. The monoisotopic (exact) mass is 447 g/mol. The summed E-state index contributed by atoms with van der Waals surface area (Å²) < 4.78 is 13.1. The van der Waals surface area contributed by atoms with Crippen LogP contribution in [0.3, 0.4) is 0 Å². The zero-order chi connectivity index (χ0) is 22.5. The molecule has 0 bridgehead atoms. The van der Waals surface area contributed by atoms with Gasteiger partial charge in [-0.15, -0.1) is 10.2 Å². The summed E-state index contributed by atoms with van der Waals surface area (Å²) in [7, 11) is 1.67. The van der Waals surface area contributed by atoms with E-state index in [4.69, 9.17) is 9.15 Å². The van der Waals surface area contributed by atoms with Crippen molar-refractivity contribution in [1.82, 2.24) is 14.8 Å². The van der Waals surface area contributed by atoms with E-state index in [0.717, 1.165) is 41.2 Å². The third-order valence-electron chi connectivity index (χ3n) is 5.41. The van der Waals surface area contributed by atoms with E-state index in [1.54, 1.807) is 7.11 Å². The Hall–Kier alpha value is -3.32. The van der Waals surface area contributed by atoms with E-state index in [0.29, 0.717) is 11.1 Å². The van der Waals surface area contributed by atoms with Gasteiger partial charge in [-0.05, 0) is 56.2 Å². The number of thioether (sulfide) groups is 1. The van der Waals surface area contributed by atoms with Crippen LogP contribution >= 0.6 is 11.8 Å². The van der Waals surface area contributed by atoms with Crippen LogP contribution in [-0.4, -0.2) is 33.4 Å². The highest BCUT2D eigenvalue weighted by Crippen LogP contribution is 2.25. The van der Waals surface area contributed by atoms with E-state index in [9.17, 15) is 4.79 Å². The number of carbonyl (C=O) groups excluding carboxylic acids is 1. The Balaban J connectivity index is 1.38. The molecule has 4 aromatic rings. The first-order chi connectivity index (χ1) is 15.5. The number of carbonyl (C=O) groups is 1. The normalized spacial score (nSPS) is 11.0. The molecule has 6 nitrogen and oxygen atoms in total. The Kier molecular flexibility index (Phi) is 6.75. The Morgan fingerprint density at radius 3 is 2.53 bits per heavy atom. The fourth-order valence-electron chi connectivity index (χ4n) is 3.63. The molecule has 0 amide bonds. The smallest absolute Gasteiger partial charge is 0.277 e. The molecule has 0 atom stereocenters. The summed E-state index contributed by atoms with van der Waals surface area (Å²) in [6.07, 6.45) is 0.882. The molecule has 32 heavy (non-hydrogen) atoms. The standard InChI is InChI=1S/C25H25N3O3S/c1-17-15-22(18(2)28(17)14-13-19-9-11-21(30-3)12-10-19)23(29)16-32-25-27-26-24(31-25)20-7-5-4-6-8-20/h4-12,15H,13-14,16H2,1-3H3. The second-order valence-corrected chi connectivity index (χ2v) is 8.41. The summed E-state index contributed by atoms with van der Waals surface area (Å²) in [5, 5.41) is 8.53. The first-order valence-corrected chi connectivity index (χ1v) is 11.4. The number of hydrogen-bond donors (Lipinski definition) is 0. The Morgan fingerprint density at radius 2 is 1.81 bits per heavy atom. The molecule has 2 heterocycles. The fraction of sp³-hybridized carbons (Fsp3) is 0.240. The largest absolute Gasteiger partial charge is 0.497 e. The van der Waals surface area contributed by atoms with Gasteiger partial charge in [0.1, 0.15) is 5.75 Å². The van der Waals surface area contributed by atoms with E-state index in [1.807, 2.05) is 62.4 Å². The number of methoxy groups -OCH3 is 1. The average Bonchev–Trinajstić information content (AvgIpc) is 3.41. The average molecular weight is 448 g/mol. The number of ketones is 1. The van der Waals surface area contributed by atoms with E-state index in [-0.39, 0.29) is 11.5 Å². The summed E-state index contributed by atoms with van der Waals surface area (Å²) in [6.45, 7) is 4.85. The number of benzene rings is 2. The second-order valence-electron chi connectivity index (χ2n) is 7.49. The minimum Gasteiger partial charge on any atom is -0.497 e. The molecule has 0 saturated heterocycles. The van der Waals surface area contributed by atoms with Crippen LogP contribution in [0, 0.1) is 13.8 Å². The van der Waals surface area contributed by atoms with Crippen LogP contribution in [0.25, 0.3) is 11.5 Å². The van der Waals surface area contributed by atoms with Gasteiger partial charge in [-0.25, -0.2) is 0 Å². The van der Waals surface area contributed by atoms with Gasteiger partial charge < -0.3 is 13.7 Å². The predicted molar refractivity (Wildman–Crippen MR) is 125 cm³/mol. The highest BCUT2D eigenvalue weighted by molar-refractivity contribution is 7.99. The fourth-order valence-corrected chi connectivity index (χ4v) is 4.28. The topological polar surface area (TPSA) is 70.2 Å². The summed E-state index contributed by atoms with van der Waals surface area (Å²) in [5.41, 5.74) is 4.89. The maximum absolute atomic E-state index is 12.9. The molecule has 4 rings (SSSR count). The number of nitrogens with zero attached hydrogens (tertiary/aromatic N) is 3. The molecular formula is C25H25N3O3S. The molecule has 0 saturated carbocycles. The molecule has 2 aromatic carbocycles. The minimum absolute atomic E-state index is 0.0539. The van der Waals surface area contributed by atoms with Crippen molar-refractivity contribution in [1.29, 1.82) is 0 Å². The summed E-state index contributed by atoms with van der Waals surface area (Å²) in [6, 6.07) is 19.6. The van der Waals surface area contributed by atoms with E-state index in [2.05, 4.69) is 26.9 Å². The first-order valence-electron chi connectivity index (χ1n) is 10.4. The number of Topliss-reactive ketones (excluding diaryl/α,β-unsaturated/α-hetero) is 1. The van der Waals surface area contributed by atoms with Gasteiger partial charge >= 0.3 is 0 Å². The van der Waals surface area contributed by atoms with Crippen molar-refractivity contribution in [2.24, 2.45) is 0 Å². The molecule has 2 aromatic heterocycles. The summed E-state index contributed by atoms with van der Waals surface area (Å²) >= 11 is 1.27. The molecule has 0 aliphatic rings. The minimum atomic E-state index is 0.0539. The van der Waals surface area contributed by atoms with Gasteiger partial charge in [-0.1, -0.05) is 42.1 Å². The lowest BCUT2D eigenvalue weighted by molar-refractivity contribution is 0.102. The van der Waals surface area contributed by atoms with Crippen LogP contribution in [0.2, 0.25) is 0 Å². The molecular weight excluding hydrogens is 422 g/mol. The van der Waals surface area contributed by atoms with Gasteiger partial charge in [0.05, 0.1) is 12.9 Å². The molecule has 7 heteroatoms. The molecule has 0 unspecified atom stereocenters. The highest BCUT2D eigenvalue weighted by Gasteiger charge is 2.18. The van der Waals surface area contributed by atoms with Crippen molar-refractivity contribution in [2.45, 2.75) is 32.0 Å². The molecule has 0 radical (unpaired) electrons. The predicted octanol–water partition coefficient (Wildman–Crippen LogP) is 5.38. The third kappa shape index (κ3) is 4.94. The zero-order valence-corrected chi connectivity index (χ0v) is 19.2. The van der Waals surface area contributed by atoms with Gasteiger partial charge in [0, 0.05) is 29.1 Å². The van der Waals surface area contributed by atoms with Crippen LogP contribution in [0.1, 0.15) is 27.3 Å². The van der Waals surface area contributed by atoms with Crippen molar-refractivity contribution in [2.75, 3.05) is 12.9 Å². The van der Waals surface area contributed by atoms with Crippen molar-refractivity contribution >= 4 is 17.5 Å². The Morgan fingerprint density at radius 1 is 1.06 bits per heavy atom. The first kappa shape index (κ1) is 21.9. The molecule has 164 valence electrons. The number of hydrogen-bond acceptors (Lipinski definition) is 6. The zero-order valence-electron chi connectivity index (χ0n) is 18.4. The highest BCUT2D eigenvalue weighted by atomic mass is 32.2. The van der Waals surface area contributed by atoms with E-state index in [1.165, 1.54) is 17.3 Å². The lowest BCUT2D eigenvalue weighted by atomic mass is 10.1. The van der Waals surface area contributed by atoms with Gasteiger partial charge in [0.25, 0.3) is 5.22 Å².